The van der Waals surface area contributed by atoms with Crippen molar-refractivity contribution >= 4 is 0 Å². The molecule has 0 aliphatic carbocycles. The highest BCUT2D eigenvalue weighted by molar-refractivity contribution is 5.33. The number of halogens is 6. The largest absolute Gasteiger partial charge is 0.416 e. The molecule has 0 amide bonds. The van der Waals surface area contributed by atoms with Gasteiger partial charge in [-0.25, -0.2) is 0 Å². The van der Waals surface area contributed by atoms with Crippen LogP contribution in [0.15, 0.2) is 48.5 Å². The van der Waals surface area contributed by atoms with Crippen LogP contribution in [0.1, 0.15) is 35.2 Å². The standard InChI is InChI=1S/C21H20F6N2O/c1-14(11-28)29(2)19(16-6-4-3-5-7-16)13-30-12-15-8-17(20(22,23)24)10-18(9-15)21(25,26)27/h3-10,14,19H,12-13H2,1-2H3. The van der Waals surface area contributed by atoms with Gasteiger partial charge in [0.25, 0.3) is 0 Å². The van der Waals surface area contributed by atoms with Crippen LogP contribution >= 0.6 is 0 Å². The maximum absolute atomic E-state index is 13.0. The summed E-state index contributed by atoms with van der Waals surface area (Å²) in [7, 11) is 1.70. The minimum atomic E-state index is -4.91. The first-order valence-corrected chi connectivity index (χ1v) is 8.96. The molecule has 0 heterocycles. The molecule has 2 aromatic carbocycles. The van der Waals surface area contributed by atoms with E-state index in [0.717, 1.165) is 5.56 Å². The van der Waals surface area contributed by atoms with Gasteiger partial charge in [0.1, 0.15) is 0 Å². The number of hydrogen-bond acceptors (Lipinski definition) is 3. The molecule has 30 heavy (non-hydrogen) atoms. The Labute approximate surface area is 170 Å². The van der Waals surface area contributed by atoms with E-state index in [1.54, 1.807) is 49.2 Å². The summed E-state index contributed by atoms with van der Waals surface area (Å²) in [6.45, 7) is 1.22. The second-order valence-electron chi connectivity index (χ2n) is 6.83. The van der Waals surface area contributed by atoms with Crippen molar-refractivity contribution < 1.29 is 31.1 Å². The highest BCUT2D eigenvalue weighted by atomic mass is 19.4. The van der Waals surface area contributed by atoms with Crippen LogP contribution < -0.4 is 0 Å². The summed E-state index contributed by atoms with van der Waals surface area (Å²) in [4.78, 5) is 1.72. The molecule has 0 N–H and O–H groups in total. The molecule has 2 aromatic rings. The zero-order valence-corrected chi connectivity index (χ0v) is 16.3. The maximum Gasteiger partial charge on any atom is 0.416 e. The van der Waals surface area contributed by atoms with E-state index in [0.29, 0.717) is 12.1 Å². The van der Waals surface area contributed by atoms with Gasteiger partial charge in [0.05, 0.1) is 42.5 Å². The van der Waals surface area contributed by atoms with E-state index in [2.05, 4.69) is 6.07 Å². The fraction of sp³-hybridized carbons (Fsp3) is 0.381. The number of hydrogen-bond donors (Lipinski definition) is 0. The molecule has 9 heteroatoms. The first kappa shape index (κ1) is 23.7. The number of alkyl halides is 6. The molecule has 0 radical (unpaired) electrons. The van der Waals surface area contributed by atoms with Crippen LogP contribution in [0.4, 0.5) is 26.3 Å². The number of ether oxygens (including phenoxy) is 1. The summed E-state index contributed by atoms with van der Waals surface area (Å²) >= 11 is 0. The molecule has 0 aromatic heterocycles. The van der Waals surface area contributed by atoms with E-state index in [-0.39, 0.29) is 18.2 Å². The molecule has 0 saturated carbocycles. The maximum atomic E-state index is 13.0. The fourth-order valence-corrected chi connectivity index (χ4v) is 2.88. The van der Waals surface area contributed by atoms with Gasteiger partial charge in [0.15, 0.2) is 0 Å². The van der Waals surface area contributed by atoms with Crippen LogP contribution in [0.3, 0.4) is 0 Å². The third kappa shape index (κ3) is 6.21. The van der Waals surface area contributed by atoms with Gasteiger partial charge in [0, 0.05) is 0 Å². The van der Waals surface area contributed by atoms with Crippen LogP contribution in [0, 0.1) is 11.3 Å². The normalized spacial score (nSPS) is 14.4. The first-order valence-electron chi connectivity index (χ1n) is 8.96. The number of nitrogens with zero attached hydrogens (tertiary/aromatic N) is 2. The lowest BCUT2D eigenvalue weighted by molar-refractivity contribution is -0.143. The van der Waals surface area contributed by atoms with Gasteiger partial charge >= 0.3 is 12.4 Å². The van der Waals surface area contributed by atoms with Crippen molar-refractivity contribution in [3.63, 3.8) is 0 Å². The molecule has 0 fully saturated rings. The molecule has 2 atom stereocenters. The highest BCUT2D eigenvalue weighted by Gasteiger charge is 2.36. The molecule has 0 saturated heterocycles. The minimum absolute atomic E-state index is 0.0237. The number of nitriles is 1. The van der Waals surface area contributed by atoms with E-state index < -0.39 is 42.2 Å². The Kier molecular flexibility index (Phi) is 7.50. The van der Waals surface area contributed by atoms with Crippen molar-refractivity contribution in [2.75, 3.05) is 13.7 Å². The second-order valence-corrected chi connectivity index (χ2v) is 6.83. The molecule has 0 aliphatic rings. The van der Waals surface area contributed by atoms with Crippen molar-refractivity contribution in [2.24, 2.45) is 0 Å². The fourth-order valence-electron chi connectivity index (χ4n) is 2.88. The lowest BCUT2D eigenvalue weighted by atomic mass is 10.0. The van der Waals surface area contributed by atoms with E-state index in [9.17, 15) is 31.6 Å². The molecule has 0 aliphatic heterocycles. The van der Waals surface area contributed by atoms with Crippen LogP contribution in [-0.2, 0) is 23.7 Å². The van der Waals surface area contributed by atoms with Crippen molar-refractivity contribution in [3.05, 3.63) is 70.8 Å². The minimum Gasteiger partial charge on any atom is -0.375 e. The smallest absolute Gasteiger partial charge is 0.375 e. The Hall–Kier alpha value is -2.57. The second kappa shape index (κ2) is 9.49. The molecule has 3 nitrogen and oxygen atoms in total. The third-order valence-electron chi connectivity index (χ3n) is 4.67. The van der Waals surface area contributed by atoms with Gasteiger partial charge in [-0.1, -0.05) is 30.3 Å². The predicted octanol–water partition coefficient (Wildman–Crippen LogP) is 5.83. The lowest BCUT2D eigenvalue weighted by Crippen LogP contribution is -2.34. The third-order valence-corrected chi connectivity index (χ3v) is 4.67. The molecule has 2 unspecified atom stereocenters. The van der Waals surface area contributed by atoms with Gasteiger partial charge in [-0.05, 0) is 43.3 Å². The zero-order chi connectivity index (χ0) is 22.5. The summed E-state index contributed by atoms with van der Waals surface area (Å²) in [5, 5.41) is 9.17. The predicted molar refractivity (Wildman–Crippen MR) is 98.1 cm³/mol. The summed E-state index contributed by atoms with van der Waals surface area (Å²) in [5.41, 5.74) is -2.20. The van der Waals surface area contributed by atoms with Crippen molar-refractivity contribution in [1.82, 2.24) is 4.90 Å². The summed E-state index contributed by atoms with van der Waals surface area (Å²) in [5.74, 6) is 0. The average Bonchev–Trinajstić information content (AvgIpc) is 2.69. The van der Waals surface area contributed by atoms with E-state index in [1.165, 1.54) is 0 Å². The summed E-state index contributed by atoms with van der Waals surface area (Å²) < 4.78 is 83.5. The molecule has 0 spiro atoms. The Bertz CT molecular complexity index is 842. The average molecular weight is 430 g/mol. The Morgan fingerprint density at radius 2 is 1.50 bits per heavy atom. The molecule has 2 rings (SSSR count). The number of benzene rings is 2. The molecule has 0 bridgehead atoms. The monoisotopic (exact) mass is 430 g/mol. The first-order chi connectivity index (χ1) is 13.9. The number of likely N-dealkylation sites (N-methyl/N-ethyl adjacent to an activating group) is 1. The van der Waals surface area contributed by atoms with E-state index in [4.69, 9.17) is 4.74 Å². The Balaban J connectivity index is 2.23. The zero-order valence-electron chi connectivity index (χ0n) is 16.3. The van der Waals surface area contributed by atoms with E-state index in [1.807, 2.05) is 0 Å². The Morgan fingerprint density at radius 3 is 1.97 bits per heavy atom. The SMILES string of the molecule is CC(C#N)N(C)C(COCc1cc(C(F)(F)F)cc(C(F)(F)F)c1)c1ccccc1. The number of rotatable bonds is 7. The quantitative estimate of drug-likeness (QED) is 0.519. The van der Waals surface area contributed by atoms with Gasteiger partial charge in [0.2, 0.25) is 0 Å². The highest BCUT2D eigenvalue weighted by Crippen LogP contribution is 2.36. The Morgan fingerprint density at radius 1 is 0.967 bits per heavy atom. The topological polar surface area (TPSA) is 36.3 Å². The van der Waals surface area contributed by atoms with Crippen LogP contribution in [0.5, 0.6) is 0 Å². The van der Waals surface area contributed by atoms with E-state index >= 15 is 0 Å². The molecular formula is C21H20F6N2O. The molecular weight excluding hydrogens is 410 g/mol. The van der Waals surface area contributed by atoms with Crippen LogP contribution in [0.2, 0.25) is 0 Å². The summed E-state index contributed by atoms with van der Waals surface area (Å²) in [6.07, 6.45) is -9.82. The van der Waals surface area contributed by atoms with Gasteiger partial charge in [-0.3, -0.25) is 4.90 Å². The van der Waals surface area contributed by atoms with Gasteiger partial charge in [-0.15, -0.1) is 0 Å². The van der Waals surface area contributed by atoms with Crippen LogP contribution in [0.25, 0.3) is 0 Å². The van der Waals surface area contributed by atoms with Crippen molar-refractivity contribution in [1.29, 1.82) is 5.26 Å². The van der Waals surface area contributed by atoms with Crippen molar-refractivity contribution in [3.8, 4) is 6.07 Å². The molecule has 162 valence electrons. The van der Waals surface area contributed by atoms with Gasteiger partial charge in [-0.2, -0.15) is 31.6 Å². The van der Waals surface area contributed by atoms with Crippen molar-refractivity contribution in [2.45, 2.75) is 38.0 Å². The van der Waals surface area contributed by atoms with Crippen LogP contribution in [-0.4, -0.2) is 24.6 Å². The summed E-state index contributed by atoms with van der Waals surface area (Å²) in [6, 6.07) is 11.6. The van der Waals surface area contributed by atoms with Gasteiger partial charge < -0.3 is 4.74 Å². The lowest BCUT2D eigenvalue weighted by Gasteiger charge is -2.30.